The van der Waals surface area contributed by atoms with Crippen LogP contribution in [0.3, 0.4) is 0 Å². The molecule has 2 aliphatic rings. The van der Waals surface area contributed by atoms with E-state index in [4.69, 9.17) is 9.47 Å². The van der Waals surface area contributed by atoms with E-state index >= 15 is 0 Å². The summed E-state index contributed by atoms with van der Waals surface area (Å²) in [5, 5.41) is 0. The van der Waals surface area contributed by atoms with E-state index in [0.717, 1.165) is 25.0 Å². The second-order valence-electron chi connectivity index (χ2n) is 8.31. The highest BCUT2D eigenvalue weighted by atomic mass is 19.4. The molecule has 1 saturated carbocycles. The fourth-order valence-corrected chi connectivity index (χ4v) is 4.26. The second kappa shape index (κ2) is 9.61. The summed E-state index contributed by atoms with van der Waals surface area (Å²) < 4.78 is 112. The van der Waals surface area contributed by atoms with Gasteiger partial charge in [0, 0.05) is 23.6 Å². The lowest BCUT2D eigenvalue weighted by molar-refractivity contribution is -0.276. The van der Waals surface area contributed by atoms with E-state index in [-0.39, 0.29) is 12.1 Å². The van der Waals surface area contributed by atoms with E-state index in [0.29, 0.717) is 30.6 Å². The highest BCUT2D eigenvalue weighted by Crippen LogP contribution is 2.38. The predicted molar refractivity (Wildman–Crippen MR) is 104 cm³/mol. The van der Waals surface area contributed by atoms with E-state index in [9.17, 15) is 30.7 Å². The van der Waals surface area contributed by atoms with Crippen LogP contribution in [0.2, 0.25) is 0 Å². The second-order valence-corrected chi connectivity index (χ2v) is 8.31. The summed E-state index contributed by atoms with van der Waals surface area (Å²) in [5.41, 5.74) is -0.137. The van der Waals surface area contributed by atoms with Crippen molar-refractivity contribution in [3.63, 3.8) is 0 Å². The number of hydrogen-bond donors (Lipinski definition) is 0. The van der Waals surface area contributed by atoms with Gasteiger partial charge in [-0.05, 0) is 18.1 Å². The fraction of sp³-hybridized carbons (Fsp3) is 0.478. The van der Waals surface area contributed by atoms with Gasteiger partial charge in [0.2, 0.25) is 5.75 Å². The number of alkyl halides is 5. The minimum atomic E-state index is -5.36. The van der Waals surface area contributed by atoms with Crippen molar-refractivity contribution in [2.24, 2.45) is 11.8 Å². The number of halogens is 7. The van der Waals surface area contributed by atoms with Crippen LogP contribution in [0.15, 0.2) is 36.4 Å². The van der Waals surface area contributed by atoms with Crippen LogP contribution >= 0.6 is 0 Å². The van der Waals surface area contributed by atoms with Crippen molar-refractivity contribution in [2.75, 3.05) is 13.2 Å². The van der Waals surface area contributed by atoms with E-state index in [1.807, 2.05) is 0 Å². The summed E-state index contributed by atoms with van der Waals surface area (Å²) >= 11 is 0. The highest BCUT2D eigenvalue weighted by Gasteiger charge is 2.38. The lowest BCUT2D eigenvalue weighted by Crippen LogP contribution is -2.31. The summed E-state index contributed by atoms with van der Waals surface area (Å²) in [6.07, 6.45) is -5.40. The molecule has 2 aromatic carbocycles. The molecule has 0 aromatic heterocycles. The van der Waals surface area contributed by atoms with Crippen molar-refractivity contribution in [3.8, 4) is 11.5 Å². The molecule has 0 radical (unpaired) electrons. The largest absolute Gasteiger partial charge is 0.573 e. The lowest BCUT2D eigenvalue weighted by Gasteiger charge is -2.33. The maximum absolute atomic E-state index is 14.5. The van der Waals surface area contributed by atoms with Gasteiger partial charge in [-0.15, -0.1) is 13.2 Å². The minimum Gasteiger partial charge on any atom is -0.429 e. The molecule has 0 amide bonds. The van der Waals surface area contributed by atoms with Gasteiger partial charge < -0.3 is 18.9 Å². The lowest BCUT2D eigenvalue weighted by atomic mass is 9.92. The molecular formula is C23H21F7O4. The maximum Gasteiger partial charge on any atom is 0.573 e. The van der Waals surface area contributed by atoms with Crippen molar-refractivity contribution in [1.82, 2.24) is 0 Å². The fourth-order valence-electron chi connectivity index (χ4n) is 4.26. The average molecular weight is 494 g/mol. The predicted octanol–water partition coefficient (Wildman–Crippen LogP) is 6.84. The molecule has 2 fully saturated rings. The first-order valence-corrected chi connectivity index (χ1v) is 10.7. The van der Waals surface area contributed by atoms with Crippen LogP contribution in [0.4, 0.5) is 30.7 Å². The Morgan fingerprint density at radius 2 is 1.32 bits per heavy atom. The van der Waals surface area contributed by atoms with Crippen molar-refractivity contribution in [3.05, 3.63) is 59.2 Å². The van der Waals surface area contributed by atoms with Gasteiger partial charge >= 0.3 is 12.5 Å². The summed E-state index contributed by atoms with van der Waals surface area (Å²) in [6, 6.07) is 5.15. The number of ether oxygens (including phenoxy) is 4. The zero-order valence-electron chi connectivity index (χ0n) is 17.7. The van der Waals surface area contributed by atoms with E-state index in [1.165, 1.54) is 25.0 Å². The minimum absolute atomic E-state index is 0.177. The monoisotopic (exact) mass is 494 g/mol. The maximum atomic E-state index is 14.5. The Kier molecular flexibility index (Phi) is 6.95. The molecule has 1 aliphatic carbocycles. The number of rotatable bonds is 6. The molecule has 1 heterocycles. The molecule has 1 saturated heterocycles. The summed E-state index contributed by atoms with van der Waals surface area (Å²) in [5.74, 6) is -5.60. The van der Waals surface area contributed by atoms with Crippen LogP contribution in [-0.4, -0.2) is 19.6 Å². The standard InChI is InChI=1S/C23H21F7O4/c24-18-9-17(10-19(25)20(18)34-23(28,29)30)33-22(26,27)16-7-5-14(6-8-16)21-31-11-15(12-32-21)13-3-1-2-4-13/h5-10,13,15,21H,1-4,11-12H2. The van der Waals surface area contributed by atoms with Crippen LogP contribution in [0, 0.1) is 23.5 Å². The van der Waals surface area contributed by atoms with Crippen molar-refractivity contribution in [1.29, 1.82) is 0 Å². The Morgan fingerprint density at radius 3 is 1.85 bits per heavy atom. The first kappa shape index (κ1) is 24.6. The van der Waals surface area contributed by atoms with Gasteiger partial charge in [0.25, 0.3) is 0 Å². The van der Waals surface area contributed by atoms with Crippen molar-refractivity contribution in [2.45, 2.75) is 44.4 Å². The zero-order chi connectivity index (χ0) is 24.5. The summed E-state index contributed by atoms with van der Waals surface area (Å²) in [4.78, 5) is 0. The van der Waals surface area contributed by atoms with Crippen LogP contribution < -0.4 is 9.47 Å². The van der Waals surface area contributed by atoms with Gasteiger partial charge in [0.1, 0.15) is 5.75 Å². The number of benzene rings is 2. The molecule has 0 atom stereocenters. The molecule has 0 N–H and O–H groups in total. The first-order chi connectivity index (χ1) is 16.0. The van der Waals surface area contributed by atoms with Gasteiger partial charge in [0.05, 0.1) is 18.8 Å². The summed E-state index contributed by atoms with van der Waals surface area (Å²) in [7, 11) is 0. The Bertz CT molecular complexity index is 957. The normalized spacial score (nSPS) is 22.1. The van der Waals surface area contributed by atoms with E-state index in [1.54, 1.807) is 0 Å². The SMILES string of the molecule is Fc1cc(OC(F)(F)c2ccc(C3OCC(C4CCCC4)CO3)cc2)cc(F)c1OC(F)(F)F. The quantitative estimate of drug-likeness (QED) is 0.412. The third-order valence-corrected chi connectivity index (χ3v) is 5.94. The van der Waals surface area contributed by atoms with Crippen LogP contribution in [-0.2, 0) is 15.6 Å². The van der Waals surface area contributed by atoms with E-state index in [2.05, 4.69) is 9.47 Å². The summed E-state index contributed by atoms with van der Waals surface area (Å²) in [6.45, 7) is 1.03. The van der Waals surface area contributed by atoms with Gasteiger partial charge in [-0.1, -0.05) is 37.8 Å². The molecule has 2 aromatic rings. The van der Waals surface area contributed by atoms with Gasteiger partial charge in [0.15, 0.2) is 17.9 Å². The average Bonchev–Trinajstić information content (AvgIpc) is 3.31. The smallest absolute Gasteiger partial charge is 0.429 e. The Balaban J connectivity index is 1.40. The molecular weight excluding hydrogens is 473 g/mol. The molecule has 186 valence electrons. The Morgan fingerprint density at radius 1 is 0.765 bits per heavy atom. The molecule has 34 heavy (non-hydrogen) atoms. The third-order valence-electron chi connectivity index (χ3n) is 5.94. The zero-order valence-corrected chi connectivity index (χ0v) is 17.7. The molecule has 0 spiro atoms. The molecule has 0 bridgehead atoms. The molecule has 4 rings (SSSR count). The molecule has 11 heteroatoms. The van der Waals surface area contributed by atoms with Gasteiger partial charge in [-0.2, -0.15) is 8.78 Å². The molecule has 0 unspecified atom stereocenters. The molecule has 1 aliphatic heterocycles. The van der Waals surface area contributed by atoms with Crippen molar-refractivity contribution >= 4 is 0 Å². The van der Waals surface area contributed by atoms with E-state index < -0.39 is 47.5 Å². The van der Waals surface area contributed by atoms with Crippen LogP contribution in [0.25, 0.3) is 0 Å². The number of hydrogen-bond acceptors (Lipinski definition) is 4. The topological polar surface area (TPSA) is 36.9 Å². The first-order valence-electron chi connectivity index (χ1n) is 10.7. The molecule has 4 nitrogen and oxygen atoms in total. The Hall–Kier alpha value is -2.53. The van der Waals surface area contributed by atoms with Crippen molar-refractivity contribution < 1.29 is 49.7 Å². The van der Waals surface area contributed by atoms with Crippen LogP contribution in [0.1, 0.15) is 43.1 Å². The van der Waals surface area contributed by atoms with Crippen LogP contribution in [0.5, 0.6) is 11.5 Å². The third kappa shape index (κ3) is 5.75. The highest BCUT2D eigenvalue weighted by molar-refractivity contribution is 5.36. The van der Waals surface area contributed by atoms with Gasteiger partial charge in [-0.25, -0.2) is 8.78 Å². The van der Waals surface area contributed by atoms with Gasteiger partial charge in [-0.3, -0.25) is 0 Å². The Labute approximate surface area is 190 Å².